The normalized spacial score (nSPS) is 12.6. The Morgan fingerprint density at radius 1 is 1.12 bits per heavy atom. The summed E-state index contributed by atoms with van der Waals surface area (Å²) in [5, 5.41) is 13.1. The lowest BCUT2D eigenvalue weighted by Crippen LogP contribution is -2.22. The molecule has 1 atom stereocenters. The lowest BCUT2D eigenvalue weighted by molar-refractivity contribution is 0.174. The first-order valence-electron chi connectivity index (χ1n) is 6.07. The predicted molar refractivity (Wildman–Crippen MR) is 68.1 cm³/mol. The van der Waals surface area contributed by atoms with E-state index in [1.54, 1.807) is 0 Å². The Bertz CT molecular complexity index is 261. The summed E-state index contributed by atoms with van der Waals surface area (Å²) in [6.07, 6.45) is 4.21. The van der Waals surface area contributed by atoms with Crippen molar-refractivity contribution in [3.63, 3.8) is 0 Å². The van der Waals surface area contributed by atoms with Gasteiger partial charge < -0.3 is 10.4 Å². The molecule has 0 aliphatic rings. The van der Waals surface area contributed by atoms with Crippen molar-refractivity contribution in [1.29, 1.82) is 0 Å². The van der Waals surface area contributed by atoms with Gasteiger partial charge in [0.15, 0.2) is 0 Å². The summed E-state index contributed by atoms with van der Waals surface area (Å²) in [4.78, 5) is 0. The fraction of sp³-hybridized carbons (Fsp3) is 0.500. The summed E-state index contributed by atoms with van der Waals surface area (Å²) >= 11 is 0. The summed E-state index contributed by atoms with van der Waals surface area (Å²) in [6.45, 7) is 5.42. The van der Waals surface area contributed by atoms with Crippen LogP contribution in [-0.4, -0.2) is 18.2 Å². The van der Waals surface area contributed by atoms with Crippen molar-refractivity contribution in [2.24, 2.45) is 0 Å². The molecule has 16 heavy (non-hydrogen) atoms. The Morgan fingerprint density at radius 2 is 1.88 bits per heavy atom. The molecule has 1 radical (unpaired) electrons. The maximum atomic E-state index is 9.85. The lowest BCUT2D eigenvalue weighted by atomic mass is 10.1. The molecule has 0 aliphatic carbocycles. The van der Waals surface area contributed by atoms with E-state index < -0.39 is 6.10 Å². The minimum absolute atomic E-state index is 0.394. The van der Waals surface area contributed by atoms with Gasteiger partial charge in [0.25, 0.3) is 0 Å². The van der Waals surface area contributed by atoms with Crippen LogP contribution in [0.3, 0.4) is 0 Å². The average molecular weight is 220 g/mol. The molecule has 1 aromatic rings. The minimum atomic E-state index is -0.394. The number of aliphatic hydroxyl groups is 1. The SMILES string of the molecule is [CH2]CCCCCNCC(O)c1ccccc1. The maximum Gasteiger partial charge on any atom is 0.0914 e. The molecule has 0 saturated carbocycles. The van der Waals surface area contributed by atoms with Crippen molar-refractivity contribution in [3.05, 3.63) is 42.8 Å². The molecule has 1 rings (SSSR count). The van der Waals surface area contributed by atoms with Crippen molar-refractivity contribution < 1.29 is 5.11 Å². The van der Waals surface area contributed by atoms with Crippen molar-refractivity contribution in [1.82, 2.24) is 5.32 Å². The average Bonchev–Trinajstić information content (AvgIpc) is 2.34. The summed E-state index contributed by atoms with van der Waals surface area (Å²) in [5.74, 6) is 0. The molecule has 0 heterocycles. The molecule has 1 unspecified atom stereocenters. The molecular weight excluding hydrogens is 198 g/mol. The predicted octanol–water partition coefficient (Wildman–Crippen LogP) is 2.70. The number of rotatable bonds is 8. The van der Waals surface area contributed by atoms with Gasteiger partial charge in [0.05, 0.1) is 6.10 Å². The van der Waals surface area contributed by atoms with Crippen LogP contribution in [0.5, 0.6) is 0 Å². The number of benzene rings is 1. The van der Waals surface area contributed by atoms with Crippen molar-refractivity contribution in [3.8, 4) is 0 Å². The third kappa shape index (κ3) is 5.29. The third-order valence-corrected chi connectivity index (χ3v) is 2.63. The molecule has 0 saturated heterocycles. The van der Waals surface area contributed by atoms with Gasteiger partial charge in [0.1, 0.15) is 0 Å². The molecule has 1 aromatic carbocycles. The highest BCUT2D eigenvalue weighted by molar-refractivity contribution is 5.17. The number of hydrogen-bond acceptors (Lipinski definition) is 2. The van der Waals surface area contributed by atoms with Gasteiger partial charge >= 0.3 is 0 Å². The molecule has 0 spiro atoms. The zero-order valence-corrected chi connectivity index (χ0v) is 9.86. The Balaban J connectivity index is 2.09. The van der Waals surface area contributed by atoms with Crippen molar-refractivity contribution >= 4 is 0 Å². The van der Waals surface area contributed by atoms with Gasteiger partial charge in [-0.15, -0.1) is 0 Å². The molecule has 2 heteroatoms. The van der Waals surface area contributed by atoms with Gasteiger partial charge in [0, 0.05) is 6.54 Å². The molecule has 89 valence electrons. The summed E-state index contributed by atoms with van der Waals surface area (Å²) < 4.78 is 0. The first kappa shape index (κ1) is 13.2. The fourth-order valence-corrected chi connectivity index (χ4v) is 1.64. The Labute approximate surface area is 98.7 Å². The van der Waals surface area contributed by atoms with Gasteiger partial charge in [-0.05, 0) is 18.5 Å². The standard InChI is InChI=1S/C14H22NO/c1-2-3-4-8-11-15-12-14(16)13-9-6-5-7-10-13/h5-7,9-10,14-16H,1-4,8,11-12H2. The number of hydrogen-bond donors (Lipinski definition) is 2. The van der Waals surface area contributed by atoms with Crippen LogP contribution in [0.1, 0.15) is 37.4 Å². The largest absolute Gasteiger partial charge is 0.387 e. The van der Waals surface area contributed by atoms with E-state index in [1.165, 1.54) is 12.8 Å². The second-order valence-electron chi connectivity index (χ2n) is 4.04. The molecule has 0 aliphatic heterocycles. The van der Waals surface area contributed by atoms with Crippen LogP contribution in [0.2, 0.25) is 0 Å². The maximum absolute atomic E-state index is 9.85. The molecule has 0 fully saturated rings. The van der Waals surface area contributed by atoms with E-state index >= 15 is 0 Å². The van der Waals surface area contributed by atoms with E-state index in [9.17, 15) is 5.11 Å². The van der Waals surface area contributed by atoms with Crippen LogP contribution in [0.25, 0.3) is 0 Å². The highest BCUT2D eigenvalue weighted by atomic mass is 16.3. The van der Waals surface area contributed by atoms with Crippen LogP contribution < -0.4 is 5.32 Å². The summed E-state index contributed by atoms with van der Waals surface area (Å²) in [6, 6.07) is 9.77. The smallest absolute Gasteiger partial charge is 0.0914 e. The Kier molecular flexibility index (Phi) is 6.86. The van der Waals surface area contributed by atoms with Crippen LogP contribution in [0, 0.1) is 6.92 Å². The molecular formula is C14H22NO. The Hall–Kier alpha value is -0.860. The summed E-state index contributed by atoms with van der Waals surface area (Å²) in [5.41, 5.74) is 0.979. The Morgan fingerprint density at radius 3 is 2.56 bits per heavy atom. The number of aliphatic hydroxyl groups excluding tert-OH is 1. The molecule has 2 N–H and O–H groups in total. The number of unbranched alkanes of at least 4 members (excludes halogenated alkanes) is 3. The van der Waals surface area contributed by atoms with Crippen LogP contribution in [-0.2, 0) is 0 Å². The van der Waals surface area contributed by atoms with E-state index in [4.69, 9.17) is 0 Å². The van der Waals surface area contributed by atoms with Crippen molar-refractivity contribution in [2.75, 3.05) is 13.1 Å². The topological polar surface area (TPSA) is 32.3 Å². The van der Waals surface area contributed by atoms with E-state index in [0.717, 1.165) is 24.9 Å². The third-order valence-electron chi connectivity index (χ3n) is 2.63. The van der Waals surface area contributed by atoms with E-state index in [1.807, 2.05) is 30.3 Å². The van der Waals surface area contributed by atoms with Crippen LogP contribution >= 0.6 is 0 Å². The summed E-state index contributed by atoms with van der Waals surface area (Å²) in [7, 11) is 0. The van der Waals surface area contributed by atoms with Crippen molar-refractivity contribution in [2.45, 2.75) is 31.8 Å². The van der Waals surface area contributed by atoms with Gasteiger partial charge in [-0.1, -0.05) is 56.5 Å². The van der Waals surface area contributed by atoms with Gasteiger partial charge in [-0.25, -0.2) is 0 Å². The highest BCUT2D eigenvalue weighted by Crippen LogP contribution is 2.10. The zero-order chi connectivity index (χ0) is 11.6. The zero-order valence-electron chi connectivity index (χ0n) is 9.86. The van der Waals surface area contributed by atoms with E-state index in [0.29, 0.717) is 6.54 Å². The molecule has 0 amide bonds. The first-order chi connectivity index (χ1) is 7.84. The van der Waals surface area contributed by atoms with E-state index in [-0.39, 0.29) is 0 Å². The molecule has 0 aromatic heterocycles. The molecule has 2 nitrogen and oxygen atoms in total. The molecule has 0 bridgehead atoms. The van der Waals surface area contributed by atoms with Crippen LogP contribution in [0.15, 0.2) is 30.3 Å². The second kappa shape index (κ2) is 8.31. The van der Waals surface area contributed by atoms with Gasteiger partial charge in [-0.2, -0.15) is 0 Å². The number of nitrogens with one attached hydrogen (secondary N) is 1. The van der Waals surface area contributed by atoms with E-state index in [2.05, 4.69) is 12.2 Å². The fourth-order valence-electron chi connectivity index (χ4n) is 1.64. The van der Waals surface area contributed by atoms with Crippen LogP contribution in [0.4, 0.5) is 0 Å². The second-order valence-corrected chi connectivity index (χ2v) is 4.04. The first-order valence-corrected chi connectivity index (χ1v) is 6.07. The monoisotopic (exact) mass is 220 g/mol. The highest BCUT2D eigenvalue weighted by Gasteiger charge is 2.04. The van der Waals surface area contributed by atoms with Gasteiger partial charge in [0.2, 0.25) is 0 Å². The van der Waals surface area contributed by atoms with Gasteiger partial charge in [-0.3, -0.25) is 0 Å². The lowest BCUT2D eigenvalue weighted by Gasteiger charge is -2.11. The minimum Gasteiger partial charge on any atom is -0.387 e. The quantitative estimate of drug-likeness (QED) is 0.660.